The van der Waals surface area contributed by atoms with Crippen LogP contribution in [0.2, 0.25) is 0 Å². The molecule has 0 radical (unpaired) electrons. The van der Waals surface area contributed by atoms with E-state index >= 15 is 0 Å². The predicted octanol–water partition coefficient (Wildman–Crippen LogP) is 0.601. The summed E-state index contributed by atoms with van der Waals surface area (Å²) in [5.41, 5.74) is 1.26. The Morgan fingerprint density at radius 2 is 2.43 bits per heavy atom. The number of hydrogen-bond acceptors (Lipinski definition) is 4. The number of hydrogen-bond donors (Lipinski definition) is 1. The van der Waals surface area contributed by atoms with Crippen molar-refractivity contribution in [2.45, 2.75) is 0 Å². The molecule has 5 heteroatoms. The van der Waals surface area contributed by atoms with Crippen LogP contribution >= 0.6 is 11.8 Å². The average Bonchev–Trinajstić information content (AvgIpc) is 2.52. The Morgan fingerprint density at radius 3 is 2.86 bits per heavy atom. The van der Waals surface area contributed by atoms with E-state index < -0.39 is 0 Å². The first-order chi connectivity index (χ1) is 6.63. The molecule has 0 spiro atoms. The van der Waals surface area contributed by atoms with Crippen LogP contribution in [0, 0.1) is 0 Å². The van der Waals surface area contributed by atoms with Gasteiger partial charge >= 0.3 is 0 Å². The number of rotatable bonds is 2. The van der Waals surface area contributed by atoms with Gasteiger partial charge in [-0.3, -0.25) is 4.99 Å². The maximum atomic E-state index is 4.20. The van der Waals surface area contributed by atoms with Crippen molar-refractivity contribution in [1.82, 2.24) is 15.1 Å². The number of nitrogens with one attached hydrogen (secondary N) is 1. The molecule has 0 saturated carbocycles. The minimum Gasteiger partial charge on any atom is -0.369 e. The van der Waals surface area contributed by atoms with Crippen LogP contribution in [0.1, 0.15) is 0 Å². The van der Waals surface area contributed by atoms with Crippen LogP contribution in [0.3, 0.4) is 0 Å². The van der Waals surface area contributed by atoms with Crippen molar-refractivity contribution in [2.24, 2.45) is 4.99 Å². The summed E-state index contributed by atoms with van der Waals surface area (Å²) >= 11 is 1.75. The molecule has 1 heterocycles. The number of amidine groups is 1. The molecule has 0 aromatic rings. The molecule has 14 heavy (non-hydrogen) atoms. The van der Waals surface area contributed by atoms with Gasteiger partial charge in [0.25, 0.3) is 0 Å². The fourth-order valence-electron chi connectivity index (χ4n) is 1.21. The van der Waals surface area contributed by atoms with Crippen LogP contribution in [-0.2, 0) is 0 Å². The summed E-state index contributed by atoms with van der Waals surface area (Å²) in [5, 5.41) is 4.38. The highest BCUT2D eigenvalue weighted by molar-refractivity contribution is 8.13. The smallest absolute Gasteiger partial charge is 0.158 e. The van der Waals surface area contributed by atoms with Crippen molar-refractivity contribution in [1.29, 1.82) is 0 Å². The molecule has 0 fully saturated rings. The maximum absolute atomic E-state index is 4.20. The summed E-state index contributed by atoms with van der Waals surface area (Å²) in [6.07, 6.45) is 2.13. The SMILES string of the molecule is CN=C(SCC1=CN(C)CN1)N(C)C. The molecule has 0 bridgehead atoms. The van der Waals surface area contributed by atoms with E-state index in [0.29, 0.717) is 0 Å². The van der Waals surface area contributed by atoms with Crippen LogP contribution in [0.25, 0.3) is 0 Å². The molecular weight excluding hydrogens is 196 g/mol. The number of aliphatic imine (C=N–C) groups is 1. The van der Waals surface area contributed by atoms with E-state index in [2.05, 4.69) is 28.5 Å². The van der Waals surface area contributed by atoms with Gasteiger partial charge in [-0.25, -0.2) is 0 Å². The molecule has 1 aliphatic rings. The van der Waals surface area contributed by atoms with Gasteiger partial charge < -0.3 is 15.1 Å². The third kappa shape index (κ3) is 3.14. The zero-order chi connectivity index (χ0) is 10.6. The lowest BCUT2D eigenvalue weighted by Crippen LogP contribution is -2.21. The van der Waals surface area contributed by atoms with Gasteiger partial charge in [0.1, 0.15) is 0 Å². The summed E-state index contributed by atoms with van der Waals surface area (Å²) in [6, 6.07) is 0. The lowest BCUT2D eigenvalue weighted by Gasteiger charge is -2.14. The molecule has 80 valence electrons. The summed E-state index contributed by atoms with van der Waals surface area (Å²) in [6.45, 7) is 0.913. The van der Waals surface area contributed by atoms with E-state index in [4.69, 9.17) is 0 Å². The van der Waals surface area contributed by atoms with Crippen molar-refractivity contribution in [2.75, 3.05) is 40.6 Å². The summed E-state index contributed by atoms with van der Waals surface area (Å²) in [7, 11) is 7.91. The molecule has 0 atom stereocenters. The van der Waals surface area contributed by atoms with Gasteiger partial charge in [0.05, 0.1) is 6.67 Å². The largest absolute Gasteiger partial charge is 0.369 e. The summed E-state index contributed by atoms with van der Waals surface area (Å²) < 4.78 is 0. The molecule has 0 aromatic carbocycles. The summed E-state index contributed by atoms with van der Waals surface area (Å²) in [5.74, 6) is 0.954. The average molecular weight is 214 g/mol. The van der Waals surface area contributed by atoms with E-state index in [1.165, 1.54) is 5.70 Å². The van der Waals surface area contributed by atoms with E-state index in [0.717, 1.165) is 17.6 Å². The van der Waals surface area contributed by atoms with Gasteiger partial charge in [0.15, 0.2) is 5.17 Å². The van der Waals surface area contributed by atoms with Crippen LogP contribution < -0.4 is 5.32 Å². The highest BCUT2D eigenvalue weighted by Crippen LogP contribution is 2.12. The lowest BCUT2D eigenvalue weighted by atomic mass is 10.6. The van der Waals surface area contributed by atoms with Gasteiger partial charge in [-0.15, -0.1) is 0 Å². The highest BCUT2D eigenvalue weighted by Gasteiger charge is 2.09. The molecule has 1 aliphatic heterocycles. The number of nitrogens with zero attached hydrogens (tertiary/aromatic N) is 3. The minimum atomic E-state index is 0.913. The van der Waals surface area contributed by atoms with Gasteiger partial charge in [-0.1, -0.05) is 11.8 Å². The van der Waals surface area contributed by atoms with Crippen LogP contribution in [0.15, 0.2) is 16.9 Å². The van der Waals surface area contributed by atoms with Crippen molar-refractivity contribution in [3.05, 3.63) is 11.9 Å². The Hall–Kier alpha value is -0.840. The minimum absolute atomic E-state index is 0.913. The van der Waals surface area contributed by atoms with Crippen molar-refractivity contribution in [3.8, 4) is 0 Å². The fraction of sp³-hybridized carbons (Fsp3) is 0.667. The van der Waals surface area contributed by atoms with Crippen molar-refractivity contribution < 1.29 is 0 Å². The van der Waals surface area contributed by atoms with Gasteiger partial charge in [-0.2, -0.15) is 0 Å². The molecule has 1 N–H and O–H groups in total. The molecule has 0 aliphatic carbocycles. The van der Waals surface area contributed by atoms with E-state index in [1.807, 2.05) is 26.0 Å². The monoisotopic (exact) mass is 214 g/mol. The molecule has 0 amide bonds. The summed E-state index contributed by atoms with van der Waals surface area (Å²) in [4.78, 5) is 8.37. The lowest BCUT2D eigenvalue weighted by molar-refractivity contribution is 0.473. The van der Waals surface area contributed by atoms with Crippen LogP contribution in [0.4, 0.5) is 0 Å². The normalized spacial score (nSPS) is 16.7. The topological polar surface area (TPSA) is 30.9 Å². The van der Waals surface area contributed by atoms with Crippen LogP contribution in [-0.4, -0.2) is 55.6 Å². The molecule has 0 unspecified atom stereocenters. The first-order valence-electron chi connectivity index (χ1n) is 4.55. The second-order valence-corrected chi connectivity index (χ2v) is 4.38. The Labute approximate surface area is 90.1 Å². The zero-order valence-corrected chi connectivity index (χ0v) is 10.1. The Bertz CT molecular complexity index is 247. The predicted molar refractivity (Wildman–Crippen MR) is 63.4 cm³/mol. The van der Waals surface area contributed by atoms with Crippen LogP contribution in [0.5, 0.6) is 0 Å². The Morgan fingerprint density at radius 1 is 1.71 bits per heavy atom. The third-order valence-electron chi connectivity index (χ3n) is 1.86. The second-order valence-electron chi connectivity index (χ2n) is 3.44. The Balaban J connectivity index is 2.37. The Kier molecular flexibility index (Phi) is 4.13. The van der Waals surface area contributed by atoms with Crippen molar-refractivity contribution >= 4 is 16.9 Å². The zero-order valence-electron chi connectivity index (χ0n) is 9.24. The van der Waals surface area contributed by atoms with Crippen molar-refractivity contribution in [3.63, 3.8) is 0 Å². The van der Waals surface area contributed by atoms with Gasteiger partial charge in [0, 0.05) is 45.8 Å². The standard InChI is InChI=1S/C9H18N4S/c1-10-9(12(2)3)14-6-8-5-13(4)7-11-8/h5,11H,6-7H2,1-4H3. The number of thioether (sulfide) groups is 1. The third-order valence-corrected chi connectivity index (χ3v) is 3.12. The molecule has 0 aromatic heterocycles. The van der Waals surface area contributed by atoms with Gasteiger partial charge in [-0.05, 0) is 0 Å². The quantitative estimate of drug-likeness (QED) is 0.539. The van der Waals surface area contributed by atoms with E-state index in [9.17, 15) is 0 Å². The second kappa shape index (κ2) is 5.14. The molecule has 1 rings (SSSR count). The highest BCUT2D eigenvalue weighted by atomic mass is 32.2. The first-order valence-corrected chi connectivity index (χ1v) is 5.53. The fourth-order valence-corrected chi connectivity index (χ4v) is 2.06. The first kappa shape index (κ1) is 11.2. The molecule has 4 nitrogen and oxygen atoms in total. The van der Waals surface area contributed by atoms with Gasteiger partial charge in [0.2, 0.25) is 0 Å². The molecular formula is C9H18N4S. The molecule has 0 saturated heterocycles. The van der Waals surface area contributed by atoms with E-state index in [1.54, 1.807) is 11.8 Å². The van der Waals surface area contributed by atoms with E-state index in [-0.39, 0.29) is 0 Å². The maximum Gasteiger partial charge on any atom is 0.158 e.